The number of benzene rings is 3. The van der Waals surface area contributed by atoms with E-state index in [-0.39, 0.29) is 22.3 Å². The Morgan fingerprint density at radius 2 is 1.69 bits per heavy atom. The Morgan fingerprint density at radius 3 is 2.40 bits per heavy atom. The normalized spacial score (nSPS) is 19.0. The van der Waals surface area contributed by atoms with Gasteiger partial charge in [-0.2, -0.15) is 9.97 Å². The van der Waals surface area contributed by atoms with Crippen LogP contribution in [0.3, 0.4) is 0 Å². The number of aromatic nitrogens is 4. The van der Waals surface area contributed by atoms with Gasteiger partial charge in [0, 0.05) is 5.69 Å². The summed E-state index contributed by atoms with van der Waals surface area (Å²) in [7, 11) is -9.61. The topological polar surface area (TPSA) is 209 Å². The zero-order chi connectivity index (χ0) is 29.8. The lowest BCUT2D eigenvalue weighted by Crippen LogP contribution is -2.22. The minimum atomic E-state index is -4.86. The van der Waals surface area contributed by atoms with E-state index in [9.17, 15) is 24.2 Å². The molecule has 0 saturated heterocycles. The fourth-order valence-electron chi connectivity index (χ4n) is 4.64. The van der Waals surface area contributed by atoms with Crippen molar-refractivity contribution in [1.29, 1.82) is 0 Å². The average Bonchev–Trinajstić information content (AvgIpc) is 3.45. The SMILES string of the molecule is O=P(O)(O)CP(=O)(O)OCC1=C(O)C(O)[C@H](n2cnc3c(Nc4ccc5cc6ccccc6cc5c4)nc(Cl)nc32)O1. The molecule has 17 heteroatoms. The third kappa shape index (κ3) is 5.71. The fraction of sp³-hybridized carbons (Fsp3) is 0.160. The van der Waals surface area contributed by atoms with Crippen LogP contribution in [0.15, 0.2) is 72.4 Å². The van der Waals surface area contributed by atoms with Gasteiger partial charge in [0.05, 0.1) is 0 Å². The van der Waals surface area contributed by atoms with Gasteiger partial charge in [0.25, 0.3) is 0 Å². The summed E-state index contributed by atoms with van der Waals surface area (Å²) in [6.07, 6.45) is -1.72. The minimum Gasteiger partial charge on any atom is -0.506 e. The second-order valence-electron chi connectivity index (χ2n) is 9.53. The summed E-state index contributed by atoms with van der Waals surface area (Å²) in [5.74, 6) is -2.29. The third-order valence-electron chi connectivity index (χ3n) is 6.50. The van der Waals surface area contributed by atoms with Crippen LogP contribution >= 0.6 is 26.8 Å². The molecule has 0 bridgehead atoms. The molecule has 1 aliphatic heterocycles. The molecule has 3 atom stereocenters. The van der Waals surface area contributed by atoms with E-state index in [1.165, 1.54) is 10.9 Å². The first-order valence-corrected chi connectivity index (χ1v) is 16.2. The average molecular weight is 634 g/mol. The Kier molecular flexibility index (Phi) is 7.20. The number of imidazole rings is 1. The molecule has 3 aromatic carbocycles. The van der Waals surface area contributed by atoms with E-state index in [1.54, 1.807) is 0 Å². The summed E-state index contributed by atoms with van der Waals surface area (Å²) in [4.78, 5) is 40.4. The van der Waals surface area contributed by atoms with Crippen molar-refractivity contribution < 1.29 is 43.3 Å². The van der Waals surface area contributed by atoms with Crippen LogP contribution in [-0.4, -0.2) is 63.0 Å². The fourth-order valence-corrected chi connectivity index (χ4v) is 7.31. The minimum absolute atomic E-state index is 0.137. The number of hydrogen-bond donors (Lipinski definition) is 6. The highest BCUT2D eigenvalue weighted by Gasteiger charge is 2.40. The monoisotopic (exact) mass is 633 g/mol. The zero-order valence-electron chi connectivity index (χ0n) is 21.3. The Morgan fingerprint density at radius 1 is 1.00 bits per heavy atom. The van der Waals surface area contributed by atoms with Crippen molar-refractivity contribution >= 4 is 71.0 Å². The molecular formula is C25H22ClN5O9P2. The van der Waals surface area contributed by atoms with E-state index >= 15 is 0 Å². The van der Waals surface area contributed by atoms with Crippen molar-refractivity contribution in [3.63, 3.8) is 0 Å². The van der Waals surface area contributed by atoms with Gasteiger partial charge >= 0.3 is 15.2 Å². The number of nitrogens with one attached hydrogen (secondary N) is 1. The molecule has 0 fully saturated rings. The van der Waals surface area contributed by atoms with Gasteiger partial charge in [-0.25, -0.2) is 4.98 Å². The summed E-state index contributed by atoms with van der Waals surface area (Å²) in [6.45, 7) is -0.848. The summed E-state index contributed by atoms with van der Waals surface area (Å²) >= 11 is 6.22. The molecule has 0 aliphatic carbocycles. The number of aliphatic hydroxyl groups is 2. The highest BCUT2D eigenvalue weighted by atomic mass is 35.5. The van der Waals surface area contributed by atoms with E-state index < -0.39 is 51.6 Å². The maximum absolute atomic E-state index is 12.0. The smallest absolute Gasteiger partial charge is 0.340 e. The second-order valence-corrected chi connectivity index (χ2v) is 13.9. The van der Waals surface area contributed by atoms with Crippen molar-refractivity contribution in [3.8, 4) is 0 Å². The first kappa shape index (κ1) is 28.5. The van der Waals surface area contributed by atoms with Gasteiger partial charge in [-0.3, -0.25) is 18.2 Å². The largest absolute Gasteiger partial charge is 0.506 e. The van der Waals surface area contributed by atoms with Crippen molar-refractivity contribution in [2.24, 2.45) is 0 Å². The molecule has 42 heavy (non-hydrogen) atoms. The van der Waals surface area contributed by atoms with Crippen LogP contribution in [0.4, 0.5) is 11.5 Å². The van der Waals surface area contributed by atoms with Gasteiger partial charge in [0.2, 0.25) is 11.5 Å². The number of nitrogens with zero attached hydrogens (tertiary/aromatic N) is 4. The van der Waals surface area contributed by atoms with Crippen LogP contribution in [0.2, 0.25) is 5.28 Å². The molecule has 218 valence electrons. The van der Waals surface area contributed by atoms with Gasteiger partial charge in [-0.05, 0) is 57.4 Å². The quantitative estimate of drug-likeness (QED) is 0.0789. The summed E-state index contributed by atoms with van der Waals surface area (Å²) in [5.41, 5.74) is 1.10. The number of rotatable bonds is 8. The number of aliphatic hydroxyl groups excluding tert-OH is 2. The first-order chi connectivity index (χ1) is 19.9. The Hall–Kier alpha value is -3.58. The van der Waals surface area contributed by atoms with Crippen molar-refractivity contribution in [1.82, 2.24) is 19.5 Å². The van der Waals surface area contributed by atoms with E-state index in [0.29, 0.717) is 5.69 Å². The van der Waals surface area contributed by atoms with Gasteiger partial charge in [0.1, 0.15) is 12.9 Å². The second kappa shape index (κ2) is 10.6. The number of fused-ring (bicyclic) bond motifs is 3. The molecule has 0 spiro atoms. The molecule has 3 heterocycles. The number of ether oxygens (including phenoxy) is 1. The molecule has 0 amide bonds. The van der Waals surface area contributed by atoms with Crippen molar-refractivity contribution in [3.05, 3.63) is 77.7 Å². The molecule has 2 unspecified atom stereocenters. The van der Waals surface area contributed by atoms with Crippen LogP contribution in [0.5, 0.6) is 0 Å². The van der Waals surface area contributed by atoms with Crippen LogP contribution < -0.4 is 5.32 Å². The maximum atomic E-state index is 12.0. The molecule has 6 N–H and O–H groups in total. The zero-order valence-corrected chi connectivity index (χ0v) is 23.8. The van der Waals surface area contributed by atoms with Gasteiger partial charge < -0.3 is 34.9 Å². The third-order valence-corrected chi connectivity index (χ3v) is 10.1. The highest BCUT2D eigenvalue weighted by Crippen LogP contribution is 2.55. The lowest BCUT2D eigenvalue weighted by atomic mass is 10.0. The lowest BCUT2D eigenvalue weighted by molar-refractivity contribution is -0.0112. The highest BCUT2D eigenvalue weighted by molar-refractivity contribution is 7.70. The van der Waals surface area contributed by atoms with Crippen LogP contribution in [0.1, 0.15) is 6.23 Å². The van der Waals surface area contributed by atoms with Gasteiger partial charge in [0.15, 0.2) is 40.5 Å². The predicted molar refractivity (Wildman–Crippen MR) is 154 cm³/mol. The maximum Gasteiger partial charge on any atom is 0.340 e. The Bertz CT molecular complexity index is 2000. The van der Waals surface area contributed by atoms with E-state index in [4.69, 9.17) is 30.6 Å². The standard InChI is InChI=1S/C25H22ClN5O9P2/c26-25-29-22(28-17-6-5-15-7-13-3-1-2-4-14(13)8-16(15)9-17)19-23(30-25)31(11-27-19)24-21(33)20(32)18(40-24)10-39-42(37,38)12-41(34,35)36/h1-9,11,21,24,32-33H,10,12H2,(H,37,38)(H,28,29,30)(H2,34,35,36)/t21?,24-/m1/s1. The summed E-state index contributed by atoms with van der Waals surface area (Å²) in [6, 6.07) is 18.0. The van der Waals surface area contributed by atoms with Crippen LogP contribution in [0, 0.1) is 0 Å². The Labute approximate surface area is 241 Å². The van der Waals surface area contributed by atoms with Gasteiger partial charge in [-0.15, -0.1) is 0 Å². The predicted octanol–water partition coefficient (Wildman–Crippen LogP) is 4.53. The number of anilines is 2. The molecule has 5 aromatic rings. The van der Waals surface area contributed by atoms with Crippen LogP contribution in [0.25, 0.3) is 32.7 Å². The molecule has 6 rings (SSSR count). The van der Waals surface area contributed by atoms with Crippen molar-refractivity contribution in [2.75, 3.05) is 17.8 Å². The molecule has 14 nitrogen and oxygen atoms in total. The lowest BCUT2D eigenvalue weighted by Gasteiger charge is -2.18. The van der Waals surface area contributed by atoms with E-state index in [0.717, 1.165) is 21.5 Å². The first-order valence-electron chi connectivity index (χ1n) is 12.2. The molecular weight excluding hydrogens is 612 g/mol. The van der Waals surface area contributed by atoms with E-state index in [2.05, 4.69) is 32.4 Å². The summed E-state index contributed by atoms with van der Waals surface area (Å²) < 4.78 is 34.6. The number of halogens is 1. The van der Waals surface area contributed by atoms with Gasteiger partial charge in [-0.1, -0.05) is 30.3 Å². The van der Waals surface area contributed by atoms with E-state index in [1.807, 2.05) is 42.5 Å². The van der Waals surface area contributed by atoms with Crippen molar-refractivity contribution in [2.45, 2.75) is 12.3 Å². The molecule has 1 aliphatic rings. The number of hydrogen-bond acceptors (Lipinski definition) is 10. The molecule has 0 radical (unpaired) electrons. The van der Waals surface area contributed by atoms with Crippen LogP contribution in [-0.2, 0) is 18.4 Å². The molecule has 2 aromatic heterocycles. The Balaban J connectivity index is 1.26. The molecule has 0 saturated carbocycles. The summed E-state index contributed by atoms with van der Waals surface area (Å²) in [5, 5.41) is 28.3.